The van der Waals surface area contributed by atoms with Crippen molar-refractivity contribution in [1.82, 2.24) is 9.88 Å². The van der Waals surface area contributed by atoms with E-state index >= 15 is 0 Å². The summed E-state index contributed by atoms with van der Waals surface area (Å²) in [6, 6.07) is 9.23. The molecule has 148 valence electrons. The lowest BCUT2D eigenvalue weighted by atomic mass is 9.91. The maximum atomic E-state index is 12.8. The molecule has 2 N–H and O–H groups in total. The van der Waals surface area contributed by atoms with E-state index in [9.17, 15) is 14.7 Å². The summed E-state index contributed by atoms with van der Waals surface area (Å²) >= 11 is 0. The van der Waals surface area contributed by atoms with Gasteiger partial charge in [-0.3, -0.25) is 4.79 Å². The molecular formula is C21H25N3O4. The van der Waals surface area contributed by atoms with Gasteiger partial charge in [0.1, 0.15) is 0 Å². The number of aromatic nitrogens is 1. The number of anilines is 1. The minimum absolute atomic E-state index is 0.151. The number of ether oxygens (including phenoxy) is 1. The first-order chi connectivity index (χ1) is 13.4. The monoisotopic (exact) mass is 383 g/mol. The van der Waals surface area contributed by atoms with Crippen LogP contribution in [0.3, 0.4) is 0 Å². The van der Waals surface area contributed by atoms with Gasteiger partial charge in [0.15, 0.2) is 0 Å². The number of aryl methyl sites for hydroxylation is 1. The third-order valence-corrected chi connectivity index (χ3v) is 5.05. The van der Waals surface area contributed by atoms with Gasteiger partial charge in [0, 0.05) is 36.6 Å². The molecule has 2 amide bonds. The molecule has 0 aliphatic carbocycles. The number of carboxylic acids is 1. The highest BCUT2D eigenvalue weighted by Crippen LogP contribution is 2.27. The second kappa shape index (κ2) is 8.29. The van der Waals surface area contributed by atoms with E-state index in [0.717, 1.165) is 16.7 Å². The van der Waals surface area contributed by atoms with E-state index in [1.165, 1.54) is 0 Å². The highest BCUT2D eigenvalue weighted by molar-refractivity contribution is 5.91. The number of urea groups is 1. The van der Waals surface area contributed by atoms with E-state index in [4.69, 9.17) is 4.74 Å². The van der Waals surface area contributed by atoms with Crippen LogP contribution in [0.15, 0.2) is 36.5 Å². The second-order valence-corrected chi connectivity index (χ2v) is 7.33. The van der Waals surface area contributed by atoms with Crippen molar-refractivity contribution in [2.24, 2.45) is 11.8 Å². The number of hydrogen-bond donors (Lipinski definition) is 2. The number of nitrogens with zero attached hydrogens (tertiary/aromatic N) is 2. The molecule has 0 bridgehead atoms. The molecule has 2 atom stereocenters. The summed E-state index contributed by atoms with van der Waals surface area (Å²) in [6.07, 6.45) is 2.32. The summed E-state index contributed by atoms with van der Waals surface area (Å²) < 4.78 is 5.09. The average molecular weight is 383 g/mol. The number of benzene rings is 1. The molecule has 1 aromatic carbocycles. The van der Waals surface area contributed by atoms with Crippen molar-refractivity contribution in [1.29, 1.82) is 0 Å². The van der Waals surface area contributed by atoms with E-state index in [1.54, 1.807) is 24.3 Å². The number of carboxylic acid groups (broad SMARTS) is 1. The zero-order chi connectivity index (χ0) is 20.3. The molecular weight excluding hydrogens is 358 g/mol. The standard InChI is InChI=1S/C21H25N3O4/c1-13-8-17(20(25)26)12-24(11-13)21(27)23-18-9-15(5-4-14(18)2)16-6-7-19(28-3)22-10-16/h4-7,9-10,13,17H,8,11-12H2,1-3H3,(H,23,27)(H,25,26). The molecule has 7 nitrogen and oxygen atoms in total. The topological polar surface area (TPSA) is 91.8 Å². The van der Waals surface area contributed by atoms with Crippen molar-refractivity contribution in [3.8, 4) is 17.0 Å². The summed E-state index contributed by atoms with van der Waals surface area (Å²) in [5.41, 5.74) is 3.46. The Balaban J connectivity index is 1.77. The SMILES string of the molecule is COc1ccc(-c2ccc(C)c(NC(=O)N3CC(C)CC(C(=O)O)C3)c2)cn1. The first-order valence-electron chi connectivity index (χ1n) is 9.27. The first kappa shape index (κ1) is 19.7. The maximum Gasteiger partial charge on any atom is 0.321 e. The Bertz CT molecular complexity index is 866. The van der Waals surface area contributed by atoms with Gasteiger partial charge in [-0.25, -0.2) is 9.78 Å². The molecule has 3 rings (SSSR count). The highest BCUT2D eigenvalue weighted by Gasteiger charge is 2.32. The highest BCUT2D eigenvalue weighted by atomic mass is 16.5. The fraction of sp³-hybridized carbons (Fsp3) is 0.381. The van der Waals surface area contributed by atoms with Gasteiger partial charge in [0.2, 0.25) is 5.88 Å². The Morgan fingerprint density at radius 1 is 1.21 bits per heavy atom. The van der Waals surface area contributed by atoms with Crippen molar-refractivity contribution in [2.75, 3.05) is 25.5 Å². The van der Waals surface area contributed by atoms with Gasteiger partial charge < -0.3 is 20.1 Å². The third kappa shape index (κ3) is 4.42. The maximum absolute atomic E-state index is 12.8. The Morgan fingerprint density at radius 3 is 2.61 bits per heavy atom. The number of nitrogens with one attached hydrogen (secondary N) is 1. The quantitative estimate of drug-likeness (QED) is 0.841. The zero-order valence-corrected chi connectivity index (χ0v) is 16.3. The minimum atomic E-state index is -0.852. The Morgan fingerprint density at radius 2 is 1.96 bits per heavy atom. The van der Waals surface area contributed by atoms with Gasteiger partial charge in [-0.1, -0.05) is 19.1 Å². The van der Waals surface area contributed by atoms with Gasteiger partial charge in [0.05, 0.1) is 13.0 Å². The molecule has 1 saturated heterocycles. The van der Waals surface area contributed by atoms with E-state index in [2.05, 4.69) is 10.3 Å². The number of carbonyl (C=O) groups is 2. The van der Waals surface area contributed by atoms with Crippen LogP contribution in [-0.2, 0) is 4.79 Å². The molecule has 1 aliphatic rings. The fourth-order valence-corrected chi connectivity index (χ4v) is 3.50. The third-order valence-electron chi connectivity index (χ3n) is 5.05. The molecule has 1 fully saturated rings. The number of likely N-dealkylation sites (tertiary alicyclic amines) is 1. The van der Waals surface area contributed by atoms with Crippen molar-refractivity contribution in [3.63, 3.8) is 0 Å². The lowest BCUT2D eigenvalue weighted by molar-refractivity contribution is -0.143. The van der Waals surface area contributed by atoms with Gasteiger partial charge in [-0.15, -0.1) is 0 Å². The van der Waals surface area contributed by atoms with Crippen LogP contribution in [-0.4, -0.2) is 47.2 Å². The number of pyridine rings is 1. The van der Waals surface area contributed by atoms with Crippen LogP contribution in [0.25, 0.3) is 11.1 Å². The second-order valence-electron chi connectivity index (χ2n) is 7.33. The number of piperidine rings is 1. The summed E-state index contributed by atoms with van der Waals surface area (Å²) in [5.74, 6) is -0.683. The van der Waals surface area contributed by atoms with Crippen molar-refractivity contribution < 1.29 is 19.4 Å². The van der Waals surface area contributed by atoms with Gasteiger partial charge >= 0.3 is 12.0 Å². The Labute approximate surface area is 164 Å². The smallest absolute Gasteiger partial charge is 0.321 e. The number of methoxy groups -OCH3 is 1. The molecule has 0 radical (unpaired) electrons. The Kier molecular flexibility index (Phi) is 5.82. The minimum Gasteiger partial charge on any atom is -0.481 e. The molecule has 0 spiro atoms. The van der Waals surface area contributed by atoms with Crippen LogP contribution in [0, 0.1) is 18.8 Å². The van der Waals surface area contributed by atoms with Crippen LogP contribution >= 0.6 is 0 Å². The summed E-state index contributed by atoms with van der Waals surface area (Å²) in [4.78, 5) is 29.9. The van der Waals surface area contributed by atoms with Crippen LogP contribution < -0.4 is 10.1 Å². The normalized spacial score (nSPS) is 19.2. The number of carbonyl (C=O) groups excluding carboxylic acids is 1. The van der Waals surface area contributed by atoms with Crippen LogP contribution in [0.2, 0.25) is 0 Å². The van der Waals surface area contributed by atoms with Crippen LogP contribution in [0.1, 0.15) is 18.9 Å². The number of hydrogen-bond acceptors (Lipinski definition) is 4. The number of amides is 2. The summed E-state index contributed by atoms with van der Waals surface area (Å²) in [7, 11) is 1.57. The molecule has 1 aromatic heterocycles. The van der Waals surface area contributed by atoms with Crippen LogP contribution in [0.5, 0.6) is 5.88 Å². The van der Waals surface area contributed by atoms with E-state index in [-0.39, 0.29) is 18.5 Å². The largest absolute Gasteiger partial charge is 0.481 e. The fourth-order valence-electron chi connectivity index (χ4n) is 3.50. The van der Waals surface area contributed by atoms with Crippen molar-refractivity contribution in [2.45, 2.75) is 20.3 Å². The zero-order valence-electron chi connectivity index (χ0n) is 16.3. The van der Waals surface area contributed by atoms with Crippen LogP contribution in [0.4, 0.5) is 10.5 Å². The van der Waals surface area contributed by atoms with E-state index in [0.29, 0.717) is 24.5 Å². The molecule has 0 saturated carbocycles. The van der Waals surface area contributed by atoms with Crippen molar-refractivity contribution >= 4 is 17.7 Å². The van der Waals surface area contributed by atoms with Gasteiger partial charge in [-0.2, -0.15) is 0 Å². The summed E-state index contributed by atoms with van der Waals surface area (Å²) in [5, 5.41) is 12.3. The van der Waals surface area contributed by atoms with Crippen molar-refractivity contribution in [3.05, 3.63) is 42.1 Å². The molecule has 7 heteroatoms. The molecule has 2 aromatic rings. The summed E-state index contributed by atoms with van der Waals surface area (Å²) in [6.45, 7) is 4.67. The number of rotatable bonds is 4. The lowest BCUT2D eigenvalue weighted by Crippen LogP contribution is -2.47. The molecule has 1 aliphatic heterocycles. The van der Waals surface area contributed by atoms with E-state index in [1.807, 2.05) is 38.1 Å². The number of aliphatic carboxylic acids is 1. The average Bonchev–Trinajstić information content (AvgIpc) is 2.69. The molecule has 28 heavy (non-hydrogen) atoms. The van der Waals surface area contributed by atoms with E-state index < -0.39 is 11.9 Å². The first-order valence-corrected chi connectivity index (χ1v) is 9.27. The Hall–Kier alpha value is -3.09. The molecule has 2 heterocycles. The molecule has 2 unspecified atom stereocenters. The predicted molar refractivity (Wildman–Crippen MR) is 106 cm³/mol. The lowest BCUT2D eigenvalue weighted by Gasteiger charge is -2.34. The van der Waals surface area contributed by atoms with Gasteiger partial charge in [-0.05, 0) is 42.5 Å². The van der Waals surface area contributed by atoms with Gasteiger partial charge in [0.25, 0.3) is 0 Å². The predicted octanol–water partition coefficient (Wildman–Crippen LogP) is 3.64.